The molecule has 0 atom stereocenters. The van der Waals surface area contributed by atoms with Crippen molar-refractivity contribution >= 4 is 28.8 Å². The second kappa shape index (κ2) is 7.63. The number of phenols is 1. The Balaban J connectivity index is 1.74. The Kier molecular flexibility index (Phi) is 4.85. The van der Waals surface area contributed by atoms with Crippen LogP contribution in [0.5, 0.6) is 11.5 Å². The molecule has 2 heterocycles. The number of aromatic nitrogens is 2. The second-order valence-electron chi connectivity index (χ2n) is 6.40. The molecule has 9 nitrogen and oxygen atoms in total. The van der Waals surface area contributed by atoms with E-state index in [1.807, 2.05) is 13.0 Å². The minimum absolute atomic E-state index is 0.00454. The van der Waals surface area contributed by atoms with E-state index in [1.54, 1.807) is 30.5 Å². The lowest BCUT2D eigenvalue weighted by Gasteiger charge is -2.07. The number of nitrogens with zero attached hydrogens (tertiary/aromatic N) is 4. The average Bonchev–Trinajstić information content (AvgIpc) is 3.17. The number of nitro groups is 1. The fraction of sp³-hybridized carbons (Fsp3) is 0.0952. The van der Waals surface area contributed by atoms with Gasteiger partial charge in [0.2, 0.25) is 5.89 Å². The van der Waals surface area contributed by atoms with E-state index in [0.29, 0.717) is 22.8 Å². The van der Waals surface area contributed by atoms with Crippen molar-refractivity contribution in [1.29, 1.82) is 0 Å². The van der Waals surface area contributed by atoms with Crippen LogP contribution in [0.25, 0.3) is 22.7 Å². The first-order valence-corrected chi connectivity index (χ1v) is 8.89. The fourth-order valence-corrected chi connectivity index (χ4v) is 2.99. The third-order valence-corrected chi connectivity index (χ3v) is 4.56. The van der Waals surface area contributed by atoms with Gasteiger partial charge in [-0.15, -0.1) is 0 Å². The van der Waals surface area contributed by atoms with Crippen LogP contribution in [0.2, 0.25) is 0 Å². The number of aliphatic imine (C=N–C) groups is 1. The number of nitro benzene ring substituents is 1. The zero-order valence-corrected chi connectivity index (χ0v) is 16.1. The highest BCUT2D eigenvalue weighted by atomic mass is 16.6. The van der Waals surface area contributed by atoms with Crippen LogP contribution in [-0.4, -0.2) is 33.3 Å². The monoisotopic (exact) mass is 404 g/mol. The molecule has 0 bridgehead atoms. The molecule has 9 heteroatoms. The summed E-state index contributed by atoms with van der Waals surface area (Å²) in [6.07, 6.45) is 2.99. The Labute approximate surface area is 170 Å². The molecule has 0 saturated carbocycles. The van der Waals surface area contributed by atoms with Crippen molar-refractivity contribution in [3.8, 4) is 23.0 Å². The Hall–Kier alpha value is -4.27. The van der Waals surface area contributed by atoms with Crippen LogP contribution < -0.4 is 4.74 Å². The van der Waals surface area contributed by atoms with E-state index in [2.05, 4.69) is 15.0 Å². The van der Waals surface area contributed by atoms with Gasteiger partial charge in [0.05, 0.1) is 23.8 Å². The second-order valence-corrected chi connectivity index (χ2v) is 6.40. The number of oxazole rings is 1. The third kappa shape index (κ3) is 3.44. The van der Waals surface area contributed by atoms with Gasteiger partial charge in [0.1, 0.15) is 0 Å². The molecule has 0 aliphatic rings. The van der Waals surface area contributed by atoms with Gasteiger partial charge < -0.3 is 14.3 Å². The summed E-state index contributed by atoms with van der Waals surface area (Å²) in [7, 11) is 1.32. The van der Waals surface area contributed by atoms with Crippen molar-refractivity contribution in [3.05, 3.63) is 69.9 Å². The molecule has 0 aliphatic heterocycles. The normalized spacial score (nSPS) is 11.3. The number of pyridine rings is 1. The summed E-state index contributed by atoms with van der Waals surface area (Å²) in [5.41, 5.74) is 3.16. The van der Waals surface area contributed by atoms with Gasteiger partial charge in [-0.2, -0.15) is 4.98 Å². The predicted molar refractivity (Wildman–Crippen MR) is 111 cm³/mol. The predicted octanol–water partition coefficient (Wildman–Crippen LogP) is 4.57. The summed E-state index contributed by atoms with van der Waals surface area (Å²) in [6.45, 7) is 1.86. The van der Waals surface area contributed by atoms with Crippen molar-refractivity contribution in [2.75, 3.05) is 7.11 Å². The minimum atomic E-state index is -0.563. The van der Waals surface area contributed by atoms with Crippen molar-refractivity contribution in [1.82, 2.24) is 9.97 Å². The molecule has 150 valence electrons. The lowest BCUT2D eigenvalue weighted by Crippen LogP contribution is -1.94. The standard InChI is InChI=1S/C21H16N4O5/c1-12-15(21-24-20-17(30-21)7-4-8-22-20)5-3-6-16(12)23-11-13-9-14(25(27)28)10-18(29-2)19(13)26/h3-11,26H,1-2H3. The van der Waals surface area contributed by atoms with E-state index in [-0.39, 0.29) is 22.7 Å². The van der Waals surface area contributed by atoms with Crippen LogP contribution in [0.1, 0.15) is 11.1 Å². The van der Waals surface area contributed by atoms with Gasteiger partial charge in [-0.1, -0.05) is 6.07 Å². The Bertz CT molecular complexity index is 1260. The zero-order chi connectivity index (χ0) is 21.3. The highest BCUT2D eigenvalue weighted by Crippen LogP contribution is 2.35. The molecule has 2 aromatic heterocycles. The van der Waals surface area contributed by atoms with E-state index in [9.17, 15) is 15.2 Å². The summed E-state index contributed by atoms with van der Waals surface area (Å²) in [5.74, 6) is 0.180. The van der Waals surface area contributed by atoms with Gasteiger partial charge in [-0.05, 0) is 36.8 Å². The van der Waals surface area contributed by atoms with Gasteiger partial charge in [0.25, 0.3) is 5.69 Å². The summed E-state index contributed by atoms with van der Waals surface area (Å²) in [6, 6.07) is 11.4. The van der Waals surface area contributed by atoms with Crippen molar-refractivity contribution in [3.63, 3.8) is 0 Å². The molecule has 0 radical (unpaired) electrons. The average molecular weight is 404 g/mol. The molecule has 0 unspecified atom stereocenters. The van der Waals surface area contributed by atoms with Crippen LogP contribution in [0.3, 0.4) is 0 Å². The highest BCUT2D eigenvalue weighted by Gasteiger charge is 2.16. The molecule has 0 saturated heterocycles. The zero-order valence-electron chi connectivity index (χ0n) is 16.1. The van der Waals surface area contributed by atoms with Gasteiger partial charge in [-0.3, -0.25) is 15.1 Å². The Morgan fingerprint density at radius 2 is 2.10 bits per heavy atom. The minimum Gasteiger partial charge on any atom is -0.504 e. The number of fused-ring (bicyclic) bond motifs is 1. The first kappa shape index (κ1) is 19.1. The van der Waals surface area contributed by atoms with E-state index in [4.69, 9.17) is 9.15 Å². The fourth-order valence-electron chi connectivity index (χ4n) is 2.99. The maximum absolute atomic E-state index is 11.1. The van der Waals surface area contributed by atoms with Crippen molar-refractivity contribution in [2.24, 2.45) is 4.99 Å². The van der Waals surface area contributed by atoms with Crippen LogP contribution in [0.15, 0.2) is 58.1 Å². The number of ether oxygens (including phenoxy) is 1. The molecule has 0 fully saturated rings. The van der Waals surface area contributed by atoms with E-state index >= 15 is 0 Å². The number of benzene rings is 2. The number of hydrogen-bond acceptors (Lipinski definition) is 8. The van der Waals surface area contributed by atoms with Crippen molar-refractivity contribution in [2.45, 2.75) is 6.92 Å². The first-order chi connectivity index (χ1) is 14.5. The Morgan fingerprint density at radius 1 is 1.27 bits per heavy atom. The summed E-state index contributed by atoms with van der Waals surface area (Å²) < 4.78 is 10.8. The number of rotatable bonds is 5. The molecule has 4 rings (SSSR count). The van der Waals surface area contributed by atoms with E-state index in [0.717, 1.165) is 17.2 Å². The van der Waals surface area contributed by atoms with Crippen molar-refractivity contribution < 1.29 is 19.2 Å². The van der Waals surface area contributed by atoms with Crippen LogP contribution >= 0.6 is 0 Å². The smallest absolute Gasteiger partial charge is 0.274 e. The lowest BCUT2D eigenvalue weighted by atomic mass is 10.1. The number of hydrogen-bond donors (Lipinski definition) is 1. The van der Waals surface area contributed by atoms with Crippen LogP contribution in [-0.2, 0) is 0 Å². The number of methoxy groups -OCH3 is 1. The number of phenolic OH excluding ortho intramolecular Hbond substituents is 1. The summed E-state index contributed by atoms with van der Waals surface area (Å²) >= 11 is 0. The van der Waals surface area contributed by atoms with Gasteiger partial charge in [0, 0.05) is 29.6 Å². The van der Waals surface area contributed by atoms with Gasteiger partial charge in [0.15, 0.2) is 22.7 Å². The maximum Gasteiger partial charge on any atom is 0.274 e. The molecule has 2 aromatic carbocycles. The third-order valence-electron chi connectivity index (χ3n) is 4.56. The topological polar surface area (TPSA) is 124 Å². The maximum atomic E-state index is 11.1. The molecular formula is C21H16N4O5. The molecule has 30 heavy (non-hydrogen) atoms. The first-order valence-electron chi connectivity index (χ1n) is 8.89. The molecule has 0 spiro atoms. The molecule has 0 aliphatic carbocycles. The van der Waals surface area contributed by atoms with E-state index < -0.39 is 4.92 Å². The molecular weight excluding hydrogens is 388 g/mol. The Morgan fingerprint density at radius 3 is 2.83 bits per heavy atom. The van der Waals surface area contributed by atoms with Crippen LogP contribution in [0, 0.1) is 17.0 Å². The SMILES string of the molecule is COc1cc([N+](=O)[O-])cc(C=Nc2cccc(-c3nc4ncccc4o3)c2C)c1O. The molecule has 0 amide bonds. The lowest BCUT2D eigenvalue weighted by molar-refractivity contribution is -0.385. The number of non-ortho nitro benzene ring substituents is 1. The summed E-state index contributed by atoms with van der Waals surface area (Å²) in [5, 5.41) is 21.4. The quantitative estimate of drug-likeness (QED) is 0.293. The van der Waals surface area contributed by atoms with Crippen LogP contribution in [0.4, 0.5) is 11.4 Å². The van der Waals surface area contributed by atoms with Gasteiger partial charge in [-0.25, -0.2) is 4.98 Å². The summed E-state index contributed by atoms with van der Waals surface area (Å²) in [4.78, 5) is 23.6. The van der Waals surface area contributed by atoms with Gasteiger partial charge >= 0.3 is 0 Å². The molecule has 1 N–H and O–H groups in total. The largest absolute Gasteiger partial charge is 0.504 e. The molecule has 4 aromatic rings. The highest BCUT2D eigenvalue weighted by molar-refractivity contribution is 5.88. The van der Waals surface area contributed by atoms with E-state index in [1.165, 1.54) is 19.4 Å². The number of aromatic hydroxyl groups is 1.